The molecule has 1 N–H and O–H groups in total. The van der Waals surface area contributed by atoms with E-state index >= 15 is 0 Å². The van der Waals surface area contributed by atoms with Crippen LogP contribution in [0.25, 0.3) is 11.4 Å². The predicted molar refractivity (Wildman–Crippen MR) is 149 cm³/mol. The molecule has 0 spiro atoms. The third-order valence-corrected chi connectivity index (χ3v) is 7.08. The van der Waals surface area contributed by atoms with Crippen molar-refractivity contribution in [2.75, 3.05) is 12.1 Å². The molecule has 198 valence electrons. The lowest BCUT2D eigenvalue weighted by molar-refractivity contribution is -0.137. The van der Waals surface area contributed by atoms with Gasteiger partial charge in [-0.25, -0.2) is 14.4 Å². The van der Waals surface area contributed by atoms with Crippen LogP contribution in [-0.2, 0) is 11.2 Å². The molecule has 2 unspecified atom stereocenters. The second-order valence-electron chi connectivity index (χ2n) is 9.64. The van der Waals surface area contributed by atoms with Crippen LogP contribution in [0, 0.1) is 18.7 Å². The van der Waals surface area contributed by atoms with Gasteiger partial charge in [-0.1, -0.05) is 49.4 Å². The number of aliphatic carboxylic acids is 1. The number of ether oxygens (including phenoxy) is 1. The van der Waals surface area contributed by atoms with E-state index in [1.807, 2.05) is 73.5 Å². The summed E-state index contributed by atoms with van der Waals surface area (Å²) >= 11 is 0. The fraction of sp³-hybridized carbons (Fsp3) is 0.226. The molecular weight excluding hydrogens is 495 g/mol. The van der Waals surface area contributed by atoms with Crippen LogP contribution >= 0.6 is 0 Å². The van der Waals surface area contributed by atoms with Gasteiger partial charge in [0.25, 0.3) is 0 Å². The average molecular weight is 525 g/mol. The van der Waals surface area contributed by atoms with Gasteiger partial charge < -0.3 is 9.84 Å². The number of anilines is 1. The summed E-state index contributed by atoms with van der Waals surface area (Å²) in [5.74, 6) is -0.464. The van der Waals surface area contributed by atoms with Crippen molar-refractivity contribution in [3.05, 3.63) is 107 Å². The Morgan fingerprint density at radius 2 is 1.82 bits per heavy atom. The van der Waals surface area contributed by atoms with Gasteiger partial charge in [0, 0.05) is 24.2 Å². The quantitative estimate of drug-likeness (QED) is 0.309. The summed E-state index contributed by atoms with van der Waals surface area (Å²) < 4.78 is 19.6. The Kier molecular flexibility index (Phi) is 7.36. The van der Waals surface area contributed by atoms with Crippen molar-refractivity contribution in [3.8, 4) is 17.1 Å². The van der Waals surface area contributed by atoms with Crippen LogP contribution < -0.4 is 9.75 Å². The minimum absolute atomic E-state index is 0.0144. The lowest BCUT2D eigenvalue weighted by Gasteiger charge is -2.25. The van der Waals surface area contributed by atoms with Crippen molar-refractivity contribution in [1.82, 2.24) is 9.97 Å². The van der Waals surface area contributed by atoms with Gasteiger partial charge in [-0.05, 0) is 53.9 Å². The van der Waals surface area contributed by atoms with E-state index in [2.05, 4.69) is 9.97 Å². The number of hydrogen-bond acceptors (Lipinski definition) is 6. The third kappa shape index (κ3) is 5.50. The van der Waals surface area contributed by atoms with Gasteiger partial charge in [0.05, 0.1) is 36.5 Å². The molecule has 4 aromatic rings. The van der Waals surface area contributed by atoms with E-state index in [1.165, 1.54) is 13.2 Å². The summed E-state index contributed by atoms with van der Waals surface area (Å²) in [6, 6.07) is 22.0. The number of aryl methyl sites for hydroxylation is 1. The van der Waals surface area contributed by atoms with Crippen molar-refractivity contribution in [1.29, 1.82) is 0 Å². The lowest BCUT2D eigenvalue weighted by Crippen LogP contribution is -2.34. The molecule has 1 aromatic heterocycles. The maximum atomic E-state index is 14.4. The van der Waals surface area contributed by atoms with Crippen LogP contribution in [0.5, 0.6) is 5.75 Å². The molecule has 7 nitrogen and oxygen atoms in total. The first-order chi connectivity index (χ1) is 18.8. The van der Waals surface area contributed by atoms with Crippen molar-refractivity contribution in [2.24, 2.45) is 11.0 Å². The van der Waals surface area contributed by atoms with E-state index in [9.17, 15) is 14.3 Å². The summed E-state index contributed by atoms with van der Waals surface area (Å²) in [7, 11) is 1.53. The summed E-state index contributed by atoms with van der Waals surface area (Å²) in [5, 5.41) is 16.3. The number of methoxy groups -OCH3 is 1. The Morgan fingerprint density at radius 3 is 2.49 bits per heavy atom. The number of carbonyl (C=O) groups is 1. The Morgan fingerprint density at radius 1 is 1.08 bits per heavy atom. The topological polar surface area (TPSA) is 87.9 Å². The van der Waals surface area contributed by atoms with Gasteiger partial charge in [-0.15, -0.1) is 0 Å². The number of benzene rings is 3. The molecule has 0 radical (unpaired) electrons. The molecule has 5 rings (SSSR count). The summed E-state index contributed by atoms with van der Waals surface area (Å²) in [6.45, 7) is 3.91. The molecule has 0 aliphatic carbocycles. The van der Waals surface area contributed by atoms with E-state index in [4.69, 9.17) is 9.84 Å². The maximum absolute atomic E-state index is 14.4. The zero-order valence-corrected chi connectivity index (χ0v) is 22.0. The molecule has 2 atom stereocenters. The van der Waals surface area contributed by atoms with Crippen molar-refractivity contribution in [3.63, 3.8) is 0 Å². The highest BCUT2D eigenvalue weighted by Crippen LogP contribution is 2.33. The highest BCUT2D eigenvalue weighted by atomic mass is 19.1. The monoisotopic (exact) mass is 524 g/mol. The van der Waals surface area contributed by atoms with Crippen LogP contribution in [0.4, 0.5) is 10.1 Å². The van der Waals surface area contributed by atoms with Crippen LogP contribution in [0.1, 0.15) is 35.7 Å². The normalized spacial score (nSPS) is 16.7. The first-order valence-corrected chi connectivity index (χ1v) is 12.7. The van der Waals surface area contributed by atoms with E-state index in [-0.39, 0.29) is 18.4 Å². The van der Waals surface area contributed by atoms with E-state index < -0.39 is 11.8 Å². The number of hydrogen-bond donors (Lipinski definition) is 1. The smallest absolute Gasteiger partial charge is 0.305 e. The summed E-state index contributed by atoms with van der Waals surface area (Å²) in [4.78, 5) is 20.6. The number of nitrogens with zero attached hydrogens (tertiary/aromatic N) is 4. The lowest BCUT2D eigenvalue weighted by atomic mass is 9.91. The summed E-state index contributed by atoms with van der Waals surface area (Å²) in [5.41, 5.74) is 5.73. The fourth-order valence-corrected chi connectivity index (χ4v) is 4.88. The standard InChI is InChI=1S/C31H29FN4O3/c1-19-28(17-29(37)38)36(35-30(19)22-7-5-4-6-8-22)24-11-9-21(10-12-24)15-23-18-33-31(34-20(23)2)26-16-25(39-3)13-14-27(26)32/h4-14,16,18-19,28H,15,17H2,1-3H3,(H,37,38). The molecule has 1 aliphatic heterocycles. The molecule has 3 aromatic carbocycles. The van der Waals surface area contributed by atoms with Crippen molar-refractivity contribution < 1.29 is 19.0 Å². The largest absolute Gasteiger partial charge is 0.497 e. The van der Waals surface area contributed by atoms with E-state index in [0.29, 0.717) is 23.6 Å². The van der Waals surface area contributed by atoms with Gasteiger partial charge in [-0.3, -0.25) is 9.80 Å². The SMILES string of the molecule is COc1ccc(F)c(-c2ncc(Cc3ccc(N4N=C(c5ccccc5)C(C)C4CC(=O)O)cc3)c(C)n2)c1. The second-order valence-corrected chi connectivity index (χ2v) is 9.64. The number of carboxylic acids is 1. The molecule has 2 heterocycles. The zero-order valence-electron chi connectivity index (χ0n) is 22.0. The van der Waals surface area contributed by atoms with Gasteiger partial charge >= 0.3 is 5.97 Å². The predicted octanol–water partition coefficient (Wildman–Crippen LogP) is 5.89. The molecule has 8 heteroatoms. The van der Waals surface area contributed by atoms with Gasteiger partial charge in [-0.2, -0.15) is 5.10 Å². The van der Waals surface area contributed by atoms with Gasteiger partial charge in [0.15, 0.2) is 5.82 Å². The van der Waals surface area contributed by atoms with Gasteiger partial charge in [0.1, 0.15) is 11.6 Å². The fourth-order valence-electron chi connectivity index (χ4n) is 4.88. The maximum Gasteiger partial charge on any atom is 0.305 e. The average Bonchev–Trinajstić information content (AvgIpc) is 3.26. The summed E-state index contributed by atoms with van der Waals surface area (Å²) in [6.07, 6.45) is 2.31. The Labute approximate surface area is 226 Å². The van der Waals surface area contributed by atoms with E-state index in [0.717, 1.165) is 33.8 Å². The highest BCUT2D eigenvalue weighted by Gasteiger charge is 2.37. The van der Waals surface area contributed by atoms with E-state index in [1.54, 1.807) is 18.3 Å². The molecule has 0 saturated carbocycles. The number of aromatic nitrogens is 2. The second kappa shape index (κ2) is 11.0. The Hall–Kier alpha value is -4.59. The van der Waals surface area contributed by atoms with Crippen molar-refractivity contribution in [2.45, 2.75) is 32.7 Å². The van der Waals surface area contributed by atoms with Crippen LogP contribution in [0.15, 0.2) is 84.1 Å². The number of halogens is 1. The Balaban J connectivity index is 1.37. The third-order valence-electron chi connectivity index (χ3n) is 7.08. The first kappa shape index (κ1) is 26.0. The number of carboxylic acid groups (broad SMARTS) is 1. The van der Waals surface area contributed by atoms with Crippen LogP contribution in [0.3, 0.4) is 0 Å². The van der Waals surface area contributed by atoms with Crippen LogP contribution in [0.2, 0.25) is 0 Å². The molecule has 1 aliphatic rings. The number of rotatable bonds is 8. The zero-order chi connectivity index (χ0) is 27.5. The molecule has 0 bridgehead atoms. The minimum atomic E-state index is -0.856. The Bertz CT molecular complexity index is 1520. The molecule has 0 fully saturated rings. The number of hydrazone groups is 1. The van der Waals surface area contributed by atoms with Crippen molar-refractivity contribution >= 4 is 17.4 Å². The highest BCUT2D eigenvalue weighted by molar-refractivity contribution is 6.05. The molecule has 0 amide bonds. The molecular formula is C31H29FN4O3. The van der Waals surface area contributed by atoms with Gasteiger partial charge in [0.2, 0.25) is 0 Å². The first-order valence-electron chi connectivity index (χ1n) is 12.7. The molecule has 0 saturated heterocycles. The molecule has 39 heavy (non-hydrogen) atoms. The minimum Gasteiger partial charge on any atom is -0.497 e. The van der Waals surface area contributed by atoms with Crippen LogP contribution in [-0.4, -0.2) is 39.9 Å².